The number of aliphatic hydroxyl groups excluding tert-OH is 1. The number of nitrogens with zero attached hydrogens (tertiary/aromatic N) is 2. The second kappa shape index (κ2) is 13.4. The highest BCUT2D eigenvalue weighted by Crippen LogP contribution is 2.20. The van der Waals surface area contributed by atoms with Crippen LogP contribution in [0.3, 0.4) is 0 Å². The molecule has 2 unspecified atom stereocenters. The summed E-state index contributed by atoms with van der Waals surface area (Å²) in [4.78, 5) is 30.9. The van der Waals surface area contributed by atoms with Gasteiger partial charge in [0.25, 0.3) is 18.2 Å². The zero-order chi connectivity index (χ0) is 25.1. The summed E-state index contributed by atoms with van der Waals surface area (Å²) in [5.41, 5.74) is -0.519. The van der Waals surface area contributed by atoms with Gasteiger partial charge in [0.2, 0.25) is 5.88 Å². The molecule has 1 aromatic carbocycles. The fraction of sp³-hybridized carbons (Fsp3) is 0.333. The standard InChI is InChI=1S/C21H22ClF3N4O5/c1-2-12(29-19(32)11-33-14-3-4-15(22)16(23)6-14)5-13(30)7-27-18(31)10-34-20-9-26-17(8-28-20)21(24)25/h2-4,6,8-9,12-13,21,30H,1,5,7,10-11H2,(H,27,31)(H,29,32). The molecular weight excluding hydrogens is 481 g/mol. The Morgan fingerprint density at radius 1 is 1.18 bits per heavy atom. The number of nitrogens with one attached hydrogen (secondary N) is 2. The fourth-order valence-corrected chi connectivity index (χ4v) is 2.61. The predicted molar refractivity (Wildman–Crippen MR) is 115 cm³/mol. The van der Waals surface area contributed by atoms with Gasteiger partial charge in [-0.25, -0.2) is 23.1 Å². The van der Waals surface area contributed by atoms with E-state index in [-0.39, 0.29) is 29.6 Å². The van der Waals surface area contributed by atoms with Crippen molar-refractivity contribution in [1.82, 2.24) is 20.6 Å². The van der Waals surface area contributed by atoms with E-state index in [1.54, 1.807) is 0 Å². The maximum Gasteiger partial charge on any atom is 0.281 e. The number of aromatic nitrogens is 2. The number of rotatable bonds is 13. The van der Waals surface area contributed by atoms with Crippen LogP contribution in [0.1, 0.15) is 18.5 Å². The zero-order valence-electron chi connectivity index (χ0n) is 17.7. The number of ether oxygens (including phenoxy) is 2. The maximum absolute atomic E-state index is 13.4. The van der Waals surface area contributed by atoms with Crippen molar-refractivity contribution in [2.24, 2.45) is 0 Å². The summed E-state index contributed by atoms with van der Waals surface area (Å²) in [7, 11) is 0. The van der Waals surface area contributed by atoms with Gasteiger partial charge in [0.1, 0.15) is 17.3 Å². The number of benzene rings is 1. The maximum atomic E-state index is 13.4. The van der Waals surface area contributed by atoms with Crippen LogP contribution in [-0.2, 0) is 9.59 Å². The lowest BCUT2D eigenvalue weighted by atomic mass is 10.1. The molecule has 0 aliphatic carbocycles. The van der Waals surface area contributed by atoms with E-state index < -0.39 is 55.1 Å². The summed E-state index contributed by atoms with van der Waals surface area (Å²) in [6, 6.07) is 3.11. The van der Waals surface area contributed by atoms with Crippen molar-refractivity contribution in [2.75, 3.05) is 19.8 Å². The van der Waals surface area contributed by atoms with E-state index in [4.69, 9.17) is 21.1 Å². The molecule has 0 saturated carbocycles. The SMILES string of the molecule is C=CC(CC(O)CNC(=O)COc1cnc(C(F)F)cn1)NC(=O)COc1ccc(Cl)c(F)c1. The Morgan fingerprint density at radius 2 is 1.91 bits per heavy atom. The lowest BCUT2D eigenvalue weighted by molar-refractivity contribution is -0.124. The van der Waals surface area contributed by atoms with Gasteiger partial charge in [0.05, 0.1) is 23.5 Å². The minimum atomic E-state index is -2.77. The molecule has 13 heteroatoms. The molecule has 1 aromatic heterocycles. The van der Waals surface area contributed by atoms with Crippen LogP contribution in [-0.4, -0.2) is 58.8 Å². The van der Waals surface area contributed by atoms with Crippen LogP contribution >= 0.6 is 11.6 Å². The summed E-state index contributed by atoms with van der Waals surface area (Å²) in [5.74, 6) is -1.81. The average Bonchev–Trinajstić information content (AvgIpc) is 2.82. The molecule has 0 spiro atoms. The number of alkyl halides is 2. The highest BCUT2D eigenvalue weighted by atomic mass is 35.5. The van der Waals surface area contributed by atoms with Gasteiger partial charge in [-0.1, -0.05) is 17.7 Å². The Hall–Kier alpha value is -3.38. The van der Waals surface area contributed by atoms with E-state index in [1.165, 1.54) is 18.2 Å². The minimum absolute atomic E-state index is 0.0342. The number of amides is 2. The van der Waals surface area contributed by atoms with Crippen LogP contribution in [0, 0.1) is 5.82 Å². The first-order valence-electron chi connectivity index (χ1n) is 9.85. The second-order valence-corrected chi connectivity index (χ2v) is 7.24. The van der Waals surface area contributed by atoms with Gasteiger partial charge in [-0.3, -0.25) is 9.59 Å². The lowest BCUT2D eigenvalue weighted by Gasteiger charge is -2.19. The molecular formula is C21H22ClF3N4O5. The summed E-state index contributed by atoms with van der Waals surface area (Å²) < 4.78 is 48.5. The molecule has 0 saturated heterocycles. The van der Waals surface area contributed by atoms with Crippen molar-refractivity contribution in [2.45, 2.75) is 25.0 Å². The van der Waals surface area contributed by atoms with Crippen molar-refractivity contribution in [3.05, 3.63) is 59.8 Å². The summed E-state index contributed by atoms with van der Waals surface area (Å²) in [6.45, 7) is 2.55. The number of aliphatic hydroxyl groups is 1. The molecule has 2 aromatic rings. The quantitative estimate of drug-likeness (QED) is 0.359. The van der Waals surface area contributed by atoms with Crippen LogP contribution in [0.15, 0.2) is 43.2 Å². The summed E-state index contributed by atoms with van der Waals surface area (Å²) >= 11 is 5.58. The molecule has 34 heavy (non-hydrogen) atoms. The Bertz CT molecular complexity index is 981. The van der Waals surface area contributed by atoms with Crippen LogP contribution in [0.5, 0.6) is 11.6 Å². The molecule has 1 heterocycles. The molecule has 0 aliphatic rings. The fourth-order valence-electron chi connectivity index (χ4n) is 2.49. The third-order valence-corrected chi connectivity index (χ3v) is 4.48. The highest BCUT2D eigenvalue weighted by molar-refractivity contribution is 6.30. The molecule has 9 nitrogen and oxygen atoms in total. The number of hydrogen-bond donors (Lipinski definition) is 3. The lowest BCUT2D eigenvalue weighted by Crippen LogP contribution is -2.42. The molecule has 0 bridgehead atoms. The third-order valence-electron chi connectivity index (χ3n) is 4.18. The summed E-state index contributed by atoms with van der Waals surface area (Å²) in [5, 5.41) is 15.0. The van der Waals surface area contributed by atoms with Crippen LogP contribution in [0.2, 0.25) is 5.02 Å². The van der Waals surface area contributed by atoms with E-state index >= 15 is 0 Å². The Morgan fingerprint density at radius 3 is 2.53 bits per heavy atom. The van der Waals surface area contributed by atoms with Crippen molar-refractivity contribution < 1.29 is 37.3 Å². The topological polar surface area (TPSA) is 123 Å². The van der Waals surface area contributed by atoms with E-state index in [9.17, 15) is 27.9 Å². The summed E-state index contributed by atoms with van der Waals surface area (Å²) in [6.07, 6.45) is -0.569. The van der Waals surface area contributed by atoms with Gasteiger partial charge >= 0.3 is 0 Å². The average molecular weight is 503 g/mol. The number of carbonyl (C=O) groups is 2. The first kappa shape index (κ1) is 26.9. The van der Waals surface area contributed by atoms with E-state index in [0.29, 0.717) is 0 Å². The minimum Gasteiger partial charge on any atom is -0.484 e. The predicted octanol–water partition coefficient (Wildman–Crippen LogP) is 2.20. The highest BCUT2D eigenvalue weighted by Gasteiger charge is 2.16. The largest absolute Gasteiger partial charge is 0.484 e. The van der Waals surface area contributed by atoms with Crippen LogP contribution in [0.25, 0.3) is 0 Å². The second-order valence-electron chi connectivity index (χ2n) is 6.84. The van der Waals surface area contributed by atoms with Crippen molar-refractivity contribution in [3.8, 4) is 11.6 Å². The van der Waals surface area contributed by atoms with E-state index in [2.05, 4.69) is 27.2 Å². The molecule has 0 fully saturated rings. The Labute approximate surface area is 197 Å². The Balaban J connectivity index is 1.68. The first-order valence-corrected chi connectivity index (χ1v) is 10.2. The number of hydrogen-bond acceptors (Lipinski definition) is 7. The Kier molecular flexibility index (Phi) is 10.6. The molecule has 3 N–H and O–H groups in total. The van der Waals surface area contributed by atoms with Gasteiger partial charge in [0, 0.05) is 18.7 Å². The van der Waals surface area contributed by atoms with Crippen molar-refractivity contribution >= 4 is 23.4 Å². The molecule has 184 valence electrons. The number of halogens is 4. The molecule has 2 rings (SSSR count). The van der Waals surface area contributed by atoms with Gasteiger partial charge in [-0.2, -0.15) is 0 Å². The first-order chi connectivity index (χ1) is 16.2. The van der Waals surface area contributed by atoms with Gasteiger partial charge in [0.15, 0.2) is 13.2 Å². The van der Waals surface area contributed by atoms with E-state index in [0.717, 1.165) is 18.5 Å². The smallest absolute Gasteiger partial charge is 0.281 e. The van der Waals surface area contributed by atoms with Crippen LogP contribution in [0.4, 0.5) is 13.2 Å². The van der Waals surface area contributed by atoms with Crippen LogP contribution < -0.4 is 20.1 Å². The zero-order valence-corrected chi connectivity index (χ0v) is 18.5. The van der Waals surface area contributed by atoms with Gasteiger partial charge < -0.3 is 25.2 Å². The molecule has 2 atom stereocenters. The molecule has 2 amide bonds. The third kappa shape index (κ3) is 9.24. The van der Waals surface area contributed by atoms with Gasteiger partial charge in [-0.05, 0) is 18.6 Å². The molecule has 0 radical (unpaired) electrons. The van der Waals surface area contributed by atoms with Gasteiger partial charge in [-0.15, -0.1) is 6.58 Å². The van der Waals surface area contributed by atoms with Crippen molar-refractivity contribution in [3.63, 3.8) is 0 Å². The van der Waals surface area contributed by atoms with Crippen molar-refractivity contribution in [1.29, 1.82) is 0 Å². The monoisotopic (exact) mass is 502 g/mol. The normalized spacial score (nSPS) is 12.5. The van der Waals surface area contributed by atoms with E-state index in [1.807, 2.05) is 0 Å². The molecule has 0 aliphatic heterocycles. The number of carbonyl (C=O) groups excluding carboxylic acids is 2.